The van der Waals surface area contributed by atoms with Gasteiger partial charge in [-0.1, -0.05) is 17.7 Å². The molecular formula is C21H30ClFIN5O. The van der Waals surface area contributed by atoms with Crippen LogP contribution in [0.4, 0.5) is 4.39 Å². The van der Waals surface area contributed by atoms with Gasteiger partial charge in [0, 0.05) is 23.7 Å². The number of benzene rings is 1. The van der Waals surface area contributed by atoms with Gasteiger partial charge in [-0.15, -0.1) is 24.0 Å². The second kappa shape index (κ2) is 11.9. The molecule has 1 aromatic carbocycles. The molecule has 0 aliphatic carbocycles. The van der Waals surface area contributed by atoms with Crippen molar-refractivity contribution in [2.75, 3.05) is 26.2 Å². The Balaban J connectivity index is 0.00000320. The molecule has 0 saturated carbocycles. The van der Waals surface area contributed by atoms with Crippen LogP contribution in [0.2, 0.25) is 5.02 Å². The van der Waals surface area contributed by atoms with Gasteiger partial charge in [0.05, 0.1) is 11.7 Å². The summed E-state index contributed by atoms with van der Waals surface area (Å²) in [7, 11) is 0. The number of aryl methyl sites for hydroxylation is 2. The van der Waals surface area contributed by atoms with Crippen molar-refractivity contribution in [2.45, 2.75) is 46.2 Å². The highest BCUT2D eigenvalue weighted by atomic mass is 127. The standard InChI is InChI=1S/C21H29ClFN5O.HI/c1-4-24-21(26-13-19-27-14(2)15(3)29-19)25-12-18(28-10-5-6-11-28)20-16(22)8-7-9-17(20)23;/h7-9,18H,4-6,10-13H2,1-3H3,(H2,24,25,26);1H. The highest BCUT2D eigenvalue weighted by Gasteiger charge is 2.27. The van der Waals surface area contributed by atoms with E-state index < -0.39 is 0 Å². The van der Waals surface area contributed by atoms with Crippen LogP contribution < -0.4 is 10.6 Å². The molecule has 0 amide bonds. The summed E-state index contributed by atoms with van der Waals surface area (Å²) in [5.74, 6) is 1.74. The number of hydrogen-bond donors (Lipinski definition) is 2. The van der Waals surface area contributed by atoms with Gasteiger partial charge in [-0.25, -0.2) is 14.4 Å². The smallest absolute Gasteiger partial charge is 0.216 e. The molecule has 0 radical (unpaired) electrons. The summed E-state index contributed by atoms with van der Waals surface area (Å²) in [4.78, 5) is 11.2. The first-order chi connectivity index (χ1) is 14.0. The minimum Gasteiger partial charge on any atom is -0.444 e. The van der Waals surface area contributed by atoms with Crippen LogP contribution in [0, 0.1) is 19.7 Å². The Bertz CT molecular complexity index is 814. The third-order valence-corrected chi connectivity index (χ3v) is 5.50. The number of nitrogens with zero attached hydrogens (tertiary/aromatic N) is 3. The molecule has 6 nitrogen and oxygen atoms in total. The van der Waals surface area contributed by atoms with E-state index in [1.807, 2.05) is 20.8 Å². The van der Waals surface area contributed by atoms with E-state index in [4.69, 9.17) is 16.0 Å². The second-order valence-corrected chi connectivity index (χ2v) is 7.63. The van der Waals surface area contributed by atoms with Crippen LogP contribution >= 0.6 is 35.6 Å². The van der Waals surface area contributed by atoms with Crippen molar-refractivity contribution in [3.8, 4) is 0 Å². The Hall–Kier alpha value is -1.39. The highest BCUT2D eigenvalue weighted by molar-refractivity contribution is 14.0. The molecule has 1 atom stereocenters. The van der Waals surface area contributed by atoms with Gasteiger partial charge < -0.3 is 15.1 Å². The third-order valence-electron chi connectivity index (χ3n) is 5.17. The number of guanidine groups is 1. The van der Waals surface area contributed by atoms with E-state index in [0.29, 0.717) is 42.1 Å². The van der Waals surface area contributed by atoms with Crippen LogP contribution in [0.5, 0.6) is 0 Å². The van der Waals surface area contributed by atoms with Gasteiger partial charge in [-0.3, -0.25) is 4.90 Å². The van der Waals surface area contributed by atoms with Gasteiger partial charge in [0.2, 0.25) is 5.89 Å². The lowest BCUT2D eigenvalue weighted by atomic mass is 10.0. The first kappa shape index (κ1) is 24.9. The first-order valence-electron chi connectivity index (χ1n) is 10.1. The normalized spacial score (nSPS) is 15.7. The minimum absolute atomic E-state index is 0. The summed E-state index contributed by atoms with van der Waals surface area (Å²) >= 11 is 6.38. The largest absolute Gasteiger partial charge is 0.444 e. The summed E-state index contributed by atoms with van der Waals surface area (Å²) in [6.45, 7) is 9.20. The lowest BCUT2D eigenvalue weighted by Crippen LogP contribution is -2.43. The van der Waals surface area contributed by atoms with Crippen LogP contribution in [0.3, 0.4) is 0 Å². The topological polar surface area (TPSA) is 65.7 Å². The minimum atomic E-state index is -0.274. The Morgan fingerprint density at radius 2 is 2.03 bits per heavy atom. The zero-order valence-corrected chi connectivity index (χ0v) is 20.8. The van der Waals surface area contributed by atoms with Gasteiger partial charge in [0.1, 0.15) is 18.1 Å². The predicted molar refractivity (Wildman–Crippen MR) is 129 cm³/mol. The predicted octanol–water partition coefficient (Wildman–Crippen LogP) is 4.59. The van der Waals surface area contributed by atoms with Crippen LogP contribution in [0.25, 0.3) is 0 Å². The molecule has 9 heteroatoms. The molecule has 1 fully saturated rings. The molecule has 1 saturated heterocycles. The van der Waals surface area contributed by atoms with Crippen molar-refractivity contribution in [2.24, 2.45) is 4.99 Å². The molecule has 30 heavy (non-hydrogen) atoms. The summed E-state index contributed by atoms with van der Waals surface area (Å²) < 4.78 is 20.2. The number of aromatic nitrogens is 1. The first-order valence-corrected chi connectivity index (χ1v) is 10.5. The van der Waals surface area contributed by atoms with E-state index in [1.54, 1.807) is 12.1 Å². The molecule has 0 spiro atoms. The summed E-state index contributed by atoms with van der Waals surface area (Å²) in [5.41, 5.74) is 1.41. The lowest BCUT2D eigenvalue weighted by molar-refractivity contribution is 0.240. The maximum Gasteiger partial charge on any atom is 0.216 e. The molecule has 1 aliphatic rings. The second-order valence-electron chi connectivity index (χ2n) is 7.22. The summed E-state index contributed by atoms with van der Waals surface area (Å²) in [6.07, 6.45) is 2.22. The molecule has 166 valence electrons. The summed E-state index contributed by atoms with van der Waals surface area (Å²) in [5, 5.41) is 7.02. The van der Waals surface area contributed by atoms with Gasteiger partial charge in [0.15, 0.2) is 5.96 Å². The number of hydrogen-bond acceptors (Lipinski definition) is 4. The molecule has 2 heterocycles. The number of rotatable bonds is 7. The molecule has 2 aromatic rings. The molecule has 3 rings (SSSR count). The zero-order valence-electron chi connectivity index (χ0n) is 17.7. The maximum absolute atomic E-state index is 14.6. The monoisotopic (exact) mass is 549 g/mol. The fourth-order valence-corrected chi connectivity index (χ4v) is 3.87. The number of aliphatic imine (C=N–C) groups is 1. The number of nitrogens with one attached hydrogen (secondary N) is 2. The highest BCUT2D eigenvalue weighted by Crippen LogP contribution is 2.31. The molecule has 1 aromatic heterocycles. The van der Waals surface area contributed by atoms with Crippen molar-refractivity contribution in [1.29, 1.82) is 0 Å². The number of oxazole rings is 1. The SMILES string of the molecule is CCNC(=NCc1nc(C)c(C)o1)NCC(c1c(F)cccc1Cl)N1CCCC1.I. The fourth-order valence-electron chi connectivity index (χ4n) is 3.58. The van der Waals surface area contributed by atoms with Crippen molar-refractivity contribution >= 4 is 41.5 Å². The maximum atomic E-state index is 14.6. The Labute approximate surface area is 199 Å². The van der Waals surface area contributed by atoms with E-state index in [0.717, 1.165) is 37.4 Å². The van der Waals surface area contributed by atoms with Crippen molar-refractivity contribution < 1.29 is 8.81 Å². The third kappa shape index (κ3) is 6.31. The molecule has 0 bridgehead atoms. The van der Waals surface area contributed by atoms with E-state index in [2.05, 4.69) is 25.5 Å². The molecule has 1 unspecified atom stereocenters. The fraction of sp³-hybridized carbons (Fsp3) is 0.524. The van der Waals surface area contributed by atoms with E-state index in [9.17, 15) is 4.39 Å². The van der Waals surface area contributed by atoms with Crippen LogP contribution in [0.1, 0.15) is 48.7 Å². The Morgan fingerprint density at radius 3 is 2.63 bits per heavy atom. The van der Waals surface area contributed by atoms with Crippen molar-refractivity contribution in [3.63, 3.8) is 0 Å². The van der Waals surface area contributed by atoms with Gasteiger partial charge in [-0.2, -0.15) is 0 Å². The molecule has 1 aliphatic heterocycles. The van der Waals surface area contributed by atoms with Crippen molar-refractivity contribution in [1.82, 2.24) is 20.5 Å². The average Bonchev–Trinajstić information content (AvgIpc) is 3.32. The Morgan fingerprint density at radius 1 is 1.30 bits per heavy atom. The summed E-state index contributed by atoms with van der Waals surface area (Å²) in [6, 6.07) is 4.69. The van der Waals surface area contributed by atoms with Crippen LogP contribution in [-0.4, -0.2) is 42.0 Å². The van der Waals surface area contributed by atoms with E-state index >= 15 is 0 Å². The van der Waals surface area contributed by atoms with Crippen LogP contribution in [0.15, 0.2) is 27.6 Å². The average molecular weight is 550 g/mol. The number of likely N-dealkylation sites (tertiary alicyclic amines) is 1. The Kier molecular flexibility index (Phi) is 9.83. The van der Waals surface area contributed by atoms with E-state index in [1.165, 1.54) is 6.07 Å². The molecular weight excluding hydrogens is 520 g/mol. The van der Waals surface area contributed by atoms with Gasteiger partial charge in [-0.05, 0) is 58.8 Å². The quantitative estimate of drug-likeness (QED) is 0.300. The van der Waals surface area contributed by atoms with Crippen LogP contribution in [-0.2, 0) is 6.54 Å². The number of halogens is 3. The van der Waals surface area contributed by atoms with Gasteiger partial charge in [0.25, 0.3) is 0 Å². The van der Waals surface area contributed by atoms with Gasteiger partial charge >= 0.3 is 0 Å². The lowest BCUT2D eigenvalue weighted by Gasteiger charge is -2.29. The molecule has 2 N–H and O–H groups in total. The zero-order chi connectivity index (χ0) is 20.8. The van der Waals surface area contributed by atoms with E-state index in [-0.39, 0.29) is 35.8 Å². The van der Waals surface area contributed by atoms with Crippen molar-refractivity contribution in [3.05, 3.63) is 51.9 Å².